The van der Waals surface area contributed by atoms with Gasteiger partial charge in [-0.2, -0.15) is 0 Å². The van der Waals surface area contributed by atoms with Gasteiger partial charge in [-0.3, -0.25) is 24.5 Å². The highest BCUT2D eigenvalue weighted by Gasteiger charge is 2.38. The van der Waals surface area contributed by atoms with Crippen LogP contribution in [0.2, 0.25) is 0 Å². The van der Waals surface area contributed by atoms with E-state index in [0.717, 1.165) is 23.0 Å². The first-order chi connectivity index (χ1) is 12.3. The molecule has 12 heteroatoms. The molecule has 0 unspecified atom stereocenters. The molecule has 0 spiro atoms. The molecule has 2 aromatic rings. The second-order valence-corrected chi connectivity index (χ2v) is 5.25. The van der Waals surface area contributed by atoms with E-state index in [1.165, 1.54) is 0 Å². The maximum Gasteiger partial charge on any atom is 0.342 e. The summed E-state index contributed by atoms with van der Waals surface area (Å²) in [5, 5.41) is 27.9. The molecule has 0 atom stereocenters. The van der Waals surface area contributed by atoms with Crippen LogP contribution in [-0.4, -0.2) is 49.1 Å². The molecule has 3 rings (SSSR count). The Hall–Kier alpha value is -3.96. The molecule has 0 saturated carbocycles. The molecule has 1 fully saturated rings. The largest absolute Gasteiger partial charge is 0.477 e. The van der Waals surface area contributed by atoms with E-state index < -0.39 is 39.6 Å². The highest BCUT2D eigenvalue weighted by molar-refractivity contribution is 6.21. The summed E-state index contributed by atoms with van der Waals surface area (Å²) in [4.78, 5) is 57.3. The molecule has 26 heavy (non-hydrogen) atoms. The van der Waals surface area contributed by atoms with Crippen LogP contribution in [0.5, 0.6) is 0 Å². The van der Waals surface area contributed by atoms with E-state index in [1.54, 1.807) is 0 Å². The molecule has 0 radical (unpaired) electrons. The van der Waals surface area contributed by atoms with Crippen molar-refractivity contribution < 1.29 is 29.2 Å². The lowest BCUT2D eigenvalue weighted by Gasteiger charge is -2.16. The minimum absolute atomic E-state index is 0.0175. The fourth-order valence-electron chi connectivity index (χ4n) is 2.56. The average molecular weight is 359 g/mol. The SMILES string of the molecule is O=Cc1cn(-c2cc(C(=O)O)c([N+](=O)[O-])c(N3C(=O)CCC3=O)c2)nn1. The number of nitro groups is 1. The second-order valence-electron chi connectivity index (χ2n) is 5.25. The van der Waals surface area contributed by atoms with Gasteiger partial charge in [0.05, 0.1) is 16.8 Å². The molecule has 2 amide bonds. The van der Waals surface area contributed by atoms with Crippen molar-refractivity contribution in [3.63, 3.8) is 0 Å². The Labute approximate surface area is 143 Å². The van der Waals surface area contributed by atoms with E-state index in [2.05, 4.69) is 10.3 Å². The summed E-state index contributed by atoms with van der Waals surface area (Å²) in [5.74, 6) is -2.99. The van der Waals surface area contributed by atoms with Crippen molar-refractivity contribution >= 4 is 35.4 Å². The standard InChI is InChI=1S/C14H9N5O7/c20-6-7-5-17(16-15-7)8-3-9(14(23)24)13(19(25)26)10(4-8)18-11(21)1-2-12(18)22/h3-6H,1-2H2,(H,23,24). The van der Waals surface area contributed by atoms with Gasteiger partial charge in [-0.1, -0.05) is 5.21 Å². The average Bonchev–Trinajstić information content (AvgIpc) is 3.20. The predicted molar refractivity (Wildman–Crippen MR) is 82.1 cm³/mol. The van der Waals surface area contributed by atoms with E-state index in [0.29, 0.717) is 11.2 Å². The zero-order valence-corrected chi connectivity index (χ0v) is 12.9. The number of benzene rings is 1. The summed E-state index contributed by atoms with van der Waals surface area (Å²) >= 11 is 0. The van der Waals surface area contributed by atoms with Crippen LogP contribution in [0.4, 0.5) is 11.4 Å². The Morgan fingerprint density at radius 2 is 1.92 bits per heavy atom. The number of aromatic carboxylic acids is 1. The van der Waals surface area contributed by atoms with Gasteiger partial charge >= 0.3 is 11.7 Å². The molecular formula is C14H9N5O7. The van der Waals surface area contributed by atoms with Crippen LogP contribution >= 0.6 is 0 Å². The number of aromatic nitrogens is 3. The van der Waals surface area contributed by atoms with Crippen molar-refractivity contribution in [1.29, 1.82) is 0 Å². The van der Waals surface area contributed by atoms with Crippen molar-refractivity contribution in [2.45, 2.75) is 12.8 Å². The topological polar surface area (TPSA) is 166 Å². The number of carboxylic acid groups (broad SMARTS) is 1. The van der Waals surface area contributed by atoms with Gasteiger partial charge in [0.2, 0.25) is 11.8 Å². The van der Waals surface area contributed by atoms with Crippen LogP contribution in [0.3, 0.4) is 0 Å². The monoisotopic (exact) mass is 359 g/mol. The first-order valence-electron chi connectivity index (χ1n) is 7.13. The Balaban J connectivity index is 2.30. The maximum atomic E-state index is 12.0. The quantitative estimate of drug-likeness (QED) is 0.343. The first kappa shape index (κ1) is 16.9. The van der Waals surface area contributed by atoms with E-state index in [1.807, 2.05) is 0 Å². The zero-order chi connectivity index (χ0) is 19.0. The number of nitro benzene ring substituents is 1. The van der Waals surface area contributed by atoms with Crippen molar-refractivity contribution in [3.05, 3.63) is 39.7 Å². The third-order valence-electron chi connectivity index (χ3n) is 3.68. The lowest BCUT2D eigenvalue weighted by Crippen LogP contribution is -2.30. The normalized spacial score (nSPS) is 13.9. The summed E-state index contributed by atoms with van der Waals surface area (Å²) in [5.41, 5.74) is -2.18. The van der Waals surface area contributed by atoms with Gasteiger partial charge in [0, 0.05) is 12.8 Å². The zero-order valence-electron chi connectivity index (χ0n) is 12.9. The summed E-state index contributed by atoms with van der Waals surface area (Å²) in [6.07, 6.45) is 1.29. The number of carbonyl (C=O) groups excluding carboxylic acids is 3. The third kappa shape index (κ3) is 2.68. The highest BCUT2D eigenvalue weighted by Crippen LogP contribution is 2.37. The number of carboxylic acids is 1. The molecule has 1 N–H and O–H groups in total. The number of hydrogen-bond acceptors (Lipinski definition) is 8. The van der Waals surface area contributed by atoms with Gasteiger partial charge in [-0.15, -0.1) is 5.10 Å². The van der Waals surface area contributed by atoms with E-state index >= 15 is 0 Å². The Morgan fingerprint density at radius 1 is 1.27 bits per heavy atom. The molecule has 1 aromatic carbocycles. The van der Waals surface area contributed by atoms with Gasteiger partial charge in [0.1, 0.15) is 16.9 Å². The van der Waals surface area contributed by atoms with Crippen LogP contribution in [0, 0.1) is 10.1 Å². The van der Waals surface area contributed by atoms with Gasteiger partial charge in [0.25, 0.3) is 0 Å². The number of hydrogen-bond donors (Lipinski definition) is 1. The second kappa shape index (κ2) is 6.16. The van der Waals surface area contributed by atoms with Gasteiger partial charge in [-0.05, 0) is 12.1 Å². The molecule has 132 valence electrons. The molecule has 1 aliphatic rings. The smallest absolute Gasteiger partial charge is 0.342 e. The van der Waals surface area contributed by atoms with Crippen molar-refractivity contribution in [2.24, 2.45) is 0 Å². The van der Waals surface area contributed by atoms with Crippen LogP contribution < -0.4 is 4.90 Å². The molecule has 2 heterocycles. The number of nitrogens with zero attached hydrogens (tertiary/aromatic N) is 5. The molecule has 0 bridgehead atoms. The van der Waals surface area contributed by atoms with Gasteiger partial charge in [-0.25, -0.2) is 14.4 Å². The van der Waals surface area contributed by atoms with E-state index in [4.69, 9.17) is 0 Å². The van der Waals surface area contributed by atoms with E-state index in [-0.39, 0.29) is 24.2 Å². The van der Waals surface area contributed by atoms with Crippen LogP contribution in [0.15, 0.2) is 18.3 Å². The van der Waals surface area contributed by atoms with Crippen molar-refractivity contribution in [1.82, 2.24) is 15.0 Å². The summed E-state index contributed by atoms with van der Waals surface area (Å²) < 4.78 is 1.01. The number of aldehydes is 1. The molecule has 12 nitrogen and oxygen atoms in total. The molecular weight excluding hydrogens is 350 g/mol. The van der Waals surface area contributed by atoms with Crippen LogP contribution in [-0.2, 0) is 9.59 Å². The minimum atomic E-state index is -1.63. The Bertz CT molecular complexity index is 964. The van der Waals surface area contributed by atoms with Crippen molar-refractivity contribution in [3.8, 4) is 5.69 Å². The number of anilines is 1. The van der Waals surface area contributed by atoms with Gasteiger partial charge in [0.15, 0.2) is 6.29 Å². The molecule has 0 aliphatic carbocycles. The number of imide groups is 1. The van der Waals surface area contributed by atoms with E-state index in [9.17, 15) is 34.4 Å². The number of carbonyl (C=O) groups is 4. The lowest BCUT2D eigenvalue weighted by molar-refractivity contribution is -0.384. The summed E-state index contributed by atoms with van der Waals surface area (Å²) in [7, 11) is 0. The van der Waals surface area contributed by atoms with Crippen LogP contribution in [0.25, 0.3) is 5.69 Å². The maximum absolute atomic E-state index is 12.0. The highest BCUT2D eigenvalue weighted by atomic mass is 16.6. The predicted octanol–water partition coefficient (Wildman–Crippen LogP) is 0.340. The molecule has 1 aliphatic heterocycles. The number of amides is 2. The van der Waals surface area contributed by atoms with Crippen LogP contribution in [0.1, 0.15) is 33.7 Å². The minimum Gasteiger partial charge on any atom is -0.477 e. The summed E-state index contributed by atoms with van der Waals surface area (Å²) in [6.45, 7) is 0. The Morgan fingerprint density at radius 3 is 2.42 bits per heavy atom. The Kier molecular flexibility index (Phi) is 4.00. The third-order valence-corrected chi connectivity index (χ3v) is 3.68. The number of rotatable bonds is 5. The molecule has 1 saturated heterocycles. The fraction of sp³-hybridized carbons (Fsp3) is 0.143. The lowest BCUT2D eigenvalue weighted by atomic mass is 10.1. The molecule has 1 aromatic heterocycles. The van der Waals surface area contributed by atoms with Crippen molar-refractivity contribution in [2.75, 3.05) is 4.90 Å². The van der Waals surface area contributed by atoms with Gasteiger partial charge < -0.3 is 5.11 Å². The summed E-state index contributed by atoms with van der Waals surface area (Å²) in [6, 6.07) is 2.02. The fourth-order valence-corrected chi connectivity index (χ4v) is 2.56. The first-order valence-corrected chi connectivity index (χ1v) is 7.13.